The molecule has 1 aliphatic rings. The smallest absolute Gasteiger partial charge is 0.226 e. The van der Waals surface area contributed by atoms with Gasteiger partial charge in [-0.2, -0.15) is 0 Å². The molecule has 0 aliphatic carbocycles. The Bertz CT molecular complexity index is 929. The van der Waals surface area contributed by atoms with Crippen LogP contribution in [0.15, 0.2) is 29.6 Å². The number of carbonyl (C=O) groups is 1. The zero-order chi connectivity index (χ0) is 16.7. The second-order valence-electron chi connectivity index (χ2n) is 5.28. The number of rotatable bonds is 3. The number of hydrogen-bond donors (Lipinski definition) is 1. The summed E-state index contributed by atoms with van der Waals surface area (Å²) >= 11 is 6.90. The third kappa shape index (κ3) is 2.83. The number of thiol groups is 1. The topological polar surface area (TPSA) is 48.4 Å². The van der Waals surface area contributed by atoms with Gasteiger partial charge in [-0.15, -0.1) is 22.7 Å². The van der Waals surface area contributed by atoms with Crippen molar-refractivity contribution in [2.24, 2.45) is 0 Å². The first-order valence-corrected chi connectivity index (χ1v) is 9.46. The highest BCUT2D eigenvalue weighted by Crippen LogP contribution is 2.38. The van der Waals surface area contributed by atoms with E-state index in [0.717, 1.165) is 38.2 Å². The summed E-state index contributed by atoms with van der Waals surface area (Å²) < 4.78 is 11.2. The molecule has 1 aliphatic heterocycles. The molecule has 0 bridgehead atoms. The number of thiophene rings is 1. The lowest BCUT2D eigenvalue weighted by atomic mass is 10.1. The molecule has 0 radical (unpaired) electrons. The average molecular weight is 375 g/mol. The average Bonchev–Trinajstić information content (AvgIpc) is 3.21. The predicted octanol–water partition coefficient (Wildman–Crippen LogP) is 4.69. The molecule has 0 unspecified atom stereocenters. The molecule has 3 aromatic rings. The quantitative estimate of drug-likeness (QED) is 0.675. The summed E-state index contributed by atoms with van der Waals surface area (Å²) in [5.74, 6) is 1.52. The molecule has 4 rings (SSSR count). The summed E-state index contributed by atoms with van der Waals surface area (Å²) in [6.45, 7) is 3.13. The fourth-order valence-electron chi connectivity index (χ4n) is 2.53. The molecular formula is C17H13NO3S3. The number of ether oxygens (including phenoxy) is 2. The Balaban J connectivity index is 1.69. The number of aryl methyl sites for hydroxylation is 1. The molecule has 122 valence electrons. The van der Waals surface area contributed by atoms with Crippen LogP contribution in [-0.4, -0.2) is 23.3 Å². The van der Waals surface area contributed by atoms with Gasteiger partial charge in [-0.3, -0.25) is 4.79 Å². The van der Waals surface area contributed by atoms with E-state index in [2.05, 4.69) is 12.6 Å². The van der Waals surface area contributed by atoms with Crippen molar-refractivity contribution in [1.82, 2.24) is 4.98 Å². The van der Waals surface area contributed by atoms with Gasteiger partial charge in [0.1, 0.15) is 18.2 Å². The number of aromatic nitrogens is 1. The number of fused-ring (bicyclic) bond motifs is 1. The summed E-state index contributed by atoms with van der Waals surface area (Å²) in [5, 5.41) is 2.70. The van der Waals surface area contributed by atoms with Gasteiger partial charge in [-0.25, -0.2) is 4.98 Å². The van der Waals surface area contributed by atoms with Crippen LogP contribution in [0.5, 0.6) is 11.5 Å². The van der Waals surface area contributed by atoms with Gasteiger partial charge in [0.25, 0.3) is 0 Å². The van der Waals surface area contributed by atoms with Gasteiger partial charge in [0.15, 0.2) is 11.5 Å². The van der Waals surface area contributed by atoms with Gasteiger partial charge < -0.3 is 9.47 Å². The Morgan fingerprint density at radius 3 is 2.75 bits per heavy atom. The number of nitrogens with zero attached hydrogens (tertiary/aromatic N) is 1. The van der Waals surface area contributed by atoms with E-state index in [1.807, 2.05) is 36.6 Å². The third-order valence-electron chi connectivity index (χ3n) is 3.70. The van der Waals surface area contributed by atoms with E-state index in [9.17, 15) is 4.79 Å². The van der Waals surface area contributed by atoms with E-state index in [-0.39, 0.29) is 5.12 Å². The first-order chi connectivity index (χ1) is 11.6. The molecule has 0 saturated carbocycles. The molecule has 0 fully saturated rings. The molecule has 24 heavy (non-hydrogen) atoms. The lowest BCUT2D eigenvalue weighted by Gasteiger charge is -2.18. The monoisotopic (exact) mass is 375 g/mol. The molecule has 0 saturated heterocycles. The van der Waals surface area contributed by atoms with Crippen LogP contribution < -0.4 is 9.47 Å². The third-order valence-corrected chi connectivity index (χ3v) is 6.02. The highest BCUT2D eigenvalue weighted by molar-refractivity contribution is 7.97. The lowest BCUT2D eigenvalue weighted by molar-refractivity contribution is 0.109. The summed E-state index contributed by atoms with van der Waals surface area (Å²) in [6, 6.07) is 7.71. The predicted molar refractivity (Wildman–Crippen MR) is 99.9 cm³/mol. The molecule has 2 aromatic heterocycles. The van der Waals surface area contributed by atoms with Gasteiger partial charge in [-0.1, -0.05) is 12.6 Å². The fourth-order valence-corrected chi connectivity index (χ4v) is 4.56. The van der Waals surface area contributed by atoms with Gasteiger partial charge in [0.2, 0.25) is 5.12 Å². The normalized spacial score (nSPS) is 13.1. The molecule has 7 heteroatoms. The van der Waals surface area contributed by atoms with Crippen LogP contribution in [0, 0.1) is 6.92 Å². The summed E-state index contributed by atoms with van der Waals surface area (Å²) in [7, 11) is 0. The standard InChI is InChI=1S/C17H13NO3S3/c1-9-11(7-15(24-9)17(19)22)16-18-12(8-23-16)10-2-3-13-14(6-10)21-5-4-20-13/h2-3,6-8H,4-5H2,1H3,(H,19,22). The van der Waals surface area contributed by atoms with Crippen molar-refractivity contribution in [3.63, 3.8) is 0 Å². The Morgan fingerprint density at radius 2 is 2.00 bits per heavy atom. The number of thiazole rings is 1. The molecule has 3 heterocycles. The lowest BCUT2D eigenvalue weighted by Crippen LogP contribution is -2.15. The van der Waals surface area contributed by atoms with Crippen molar-refractivity contribution in [2.75, 3.05) is 13.2 Å². The summed E-state index contributed by atoms with van der Waals surface area (Å²) in [4.78, 5) is 17.9. The van der Waals surface area contributed by atoms with Gasteiger partial charge in [0, 0.05) is 21.4 Å². The number of hydrogen-bond acceptors (Lipinski definition) is 6. The first kappa shape index (κ1) is 15.7. The van der Waals surface area contributed by atoms with Crippen molar-refractivity contribution < 1.29 is 14.3 Å². The van der Waals surface area contributed by atoms with Crippen LogP contribution in [0.3, 0.4) is 0 Å². The number of carbonyl (C=O) groups excluding carboxylic acids is 1. The second kappa shape index (κ2) is 6.23. The Kier molecular flexibility index (Phi) is 4.07. The molecule has 0 amide bonds. The molecular weight excluding hydrogens is 362 g/mol. The Hall–Kier alpha value is -1.83. The van der Waals surface area contributed by atoms with E-state index >= 15 is 0 Å². The van der Waals surface area contributed by atoms with Crippen LogP contribution in [0.25, 0.3) is 21.8 Å². The van der Waals surface area contributed by atoms with Gasteiger partial charge in [-0.05, 0) is 31.2 Å². The minimum atomic E-state index is -0.210. The molecule has 4 nitrogen and oxygen atoms in total. The maximum absolute atomic E-state index is 11.4. The first-order valence-electron chi connectivity index (χ1n) is 7.31. The van der Waals surface area contributed by atoms with E-state index in [4.69, 9.17) is 14.5 Å². The molecule has 1 aromatic carbocycles. The van der Waals surface area contributed by atoms with E-state index < -0.39 is 0 Å². The maximum Gasteiger partial charge on any atom is 0.226 e. The zero-order valence-electron chi connectivity index (χ0n) is 12.7. The Morgan fingerprint density at radius 1 is 1.21 bits per heavy atom. The van der Waals surface area contributed by atoms with Gasteiger partial charge in [0.05, 0.1) is 10.6 Å². The van der Waals surface area contributed by atoms with Crippen LogP contribution in [-0.2, 0) is 0 Å². The SMILES string of the molecule is Cc1sc(C(=O)S)cc1-c1nc(-c2ccc3c(c2)OCCO3)cs1. The molecule has 0 spiro atoms. The van der Waals surface area contributed by atoms with E-state index in [0.29, 0.717) is 18.1 Å². The highest BCUT2D eigenvalue weighted by atomic mass is 32.1. The van der Waals surface area contributed by atoms with Crippen LogP contribution in [0.4, 0.5) is 0 Å². The van der Waals surface area contributed by atoms with Crippen LogP contribution in [0.2, 0.25) is 0 Å². The summed E-state index contributed by atoms with van der Waals surface area (Å²) in [5.41, 5.74) is 2.86. The molecule has 0 atom stereocenters. The number of benzene rings is 1. The van der Waals surface area contributed by atoms with E-state index in [1.165, 1.54) is 11.3 Å². The van der Waals surface area contributed by atoms with Crippen LogP contribution in [0.1, 0.15) is 14.5 Å². The fraction of sp³-hybridized carbons (Fsp3) is 0.176. The van der Waals surface area contributed by atoms with Crippen molar-refractivity contribution >= 4 is 40.4 Å². The van der Waals surface area contributed by atoms with Crippen molar-refractivity contribution in [1.29, 1.82) is 0 Å². The Labute approximate surface area is 152 Å². The van der Waals surface area contributed by atoms with Crippen molar-refractivity contribution in [3.05, 3.63) is 39.4 Å². The van der Waals surface area contributed by atoms with Crippen molar-refractivity contribution in [3.8, 4) is 33.3 Å². The minimum absolute atomic E-state index is 0.210. The van der Waals surface area contributed by atoms with Crippen LogP contribution >= 0.6 is 35.3 Å². The largest absolute Gasteiger partial charge is 0.486 e. The molecule has 0 N–H and O–H groups in total. The second-order valence-corrected chi connectivity index (χ2v) is 7.80. The van der Waals surface area contributed by atoms with Gasteiger partial charge >= 0.3 is 0 Å². The summed E-state index contributed by atoms with van der Waals surface area (Å²) in [6.07, 6.45) is 0. The maximum atomic E-state index is 11.4. The zero-order valence-corrected chi connectivity index (χ0v) is 15.3. The van der Waals surface area contributed by atoms with E-state index in [1.54, 1.807) is 11.3 Å². The van der Waals surface area contributed by atoms with Crippen molar-refractivity contribution in [2.45, 2.75) is 6.92 Å². The highest BCUT2D eigenvalue weighted by Gasteiger charge is 2.16. The minimum Gasteiger partial charge on any atom is -0.486 e.